The molecule has 178 valence electrons. The molecule has 5 rings (SSSR count). The van der Waals surface area contributed by atoms with Crippen LogP contribution in [0.3, 0.4) is 0 Å². The number of benzene rings is 1. The lowest BCUT2D eigenvalue weighted by Crippen LogP contribution is -2.41. The number of carboxylic acids is 1. The zero-order valence-electron chi connectivity index (χ0n) is 19.8. The molecule has 1 amide bonds. The second-order valence-electron chi connectivity index (χ2n) is 10.4. The van der Waals surface area contributed by atoms with Crippen LogP contribution in [-0.4, -0.2) is 40.5 Å². The van der Waals surface area contributed by atoms with Crippen molar-refractivity contribution in [1.29, 1.82) is 0 Å². The number of halogens is 1. The monoisotopic (exact) mass is 462 g/mol. The number of aryl methyl sites for hydroxylation is 1. The van der Waals surface area contributed by atoms with Crippen molar-refractivity contribution in [1.82, 2.24) is 9.88 Å². The van der Waals surface area contributed by atoms with E-state index in [1.54, 1.807) is 19.3 Å². The van der Waals surface area contributed by atoms with Crippen molar-refractivity contribution in [3.05, 3.63) is 70.8 Å². The lowest BCUT2D eigenvalue weighted by atomic mass is 9.54. The van der Waals surface area contributed by atoms with Crippen LogP contribution in [0.5, 0.6) is 0 Å². The average Bonchev–Trinajstić information content (AvgIpc) is 3.18. The third kappa shape index (κ3) is 3.83. The summed E-state index contributed by atoms with van der Waals surface area (Å²) in [5.74, 6) is 0.260. The molecule has 1 aromatic heterocycles. The number of aromatic nitrogens is 1. The van der Waals surface area contributed by atoms with E-state index in [2.05, 4.69) is 24.1 Å². The summed E-state index contributed by atoms with van der Waals surface area (Å²) in [5, 5.41) is 8.90. The molecule has 34 heavy (non-hydrogen) atoms. The summed E-state index contributed by atoms with van der Waals surface area (Å²) < 4.78 is 13.9. The second kappa shape index (κ2) is 8.64. The summed E-state index contributed by atoms with van der Waals surface area (Å²) >= 11 is 0. The number of carboxylic acid groups (broad SMARTS) is 1. The minimum Gasteiger partial charge on any atom is -0.481 e. The summed E-state index contributed by atoms with van der Waals surface area (Å²) in [5.41, 5.74) is 5.45. The third-order valence-electron chi connectivity index (χ3n) is 8.58. The third-order valence-corrected chi connectivity index (χ3v) is 8.58. The van der Waals surface area contributed by atoms with E-state index in [-0.39, 0.29) is 30.1 Å². The zero-order chi connectivity index (χ0) is 24.0. The first-order valence-corrected chi connectivity index (χ1v) is 12.2. The number of rotatable bonds is 5. The second-order valence-corrected chi connectivity index (χ2v) is 10.4. The fourth-order valence-electron chi connectivity index (χ4n) is 6.87. The number of allylic oxidation sites excluding steroid dienone is 2. The Balaban J connectivity index is 1.36. The Labute approximate surface area is 199 Å². The normalized spacial score (nSPS) is 27.3. The molecule has 0 aliphatic heterocycles. The summed E-state index contributed by atoms with van der Waals surface area (Å²) in [4.78, 5) is 29.2. The van der Waals surface area contributed by atoms with Crippen LogP contribution in [0.1, 0.15) is 72.0 Å². The predicted molar refractivity (Wildman–Crippen MR) is 128 cm³/mol. The van der Waals surface area contributed by atoms with Gasteiger partial charge < -0.3 is 10.0 Å². The van der Waals surface area contributed by atoms with Crippen molar-refractivity contribution >= 4 is 17.4 Å². The summed E-state index contributed by atoms with van der Waals surface area (Å²) in [7, 11) is 1.65. The van der Waals surface area contributed by atoms with Gasteiger partial charge in [-0.1, -0.05) is 19.1 Å². The van der Waals surface area contributed by atoms with Gasteiger partial charge in [-0.15, -0.1) is 0 Å². The average molecular weight is 463 g/mol. The van der Waals surface area contributed by atoms with Crippen molar-refractivity contribution in [2.45, 2.75) is 51.4 Å². The summed E-state index contributed by atoms with van der Waals surface area (Å²) in [6, 6.07) is 7.68. The van der Waals surface area contributed by atoms with Gasteiger partial charge in [-0.25, -0.2) is 4.39 Å². The molecule has 1 aromatic carbocycles. The first kappa shape index (κ1) is 22.8. The van der Waals surface area contributed by atoms with E-state index in [4.69, 9.17) is 5.11 Å². The molecule has 3 aliphatic rings. The number of hydrogen-bond acceptors (Lipinski definition) is 3. The predicted octanol–water partition coefficient (Wildman–Crippen LogP) is 5.32. The van der Waals surface area contributed by atoms with Crippen molar-refractivity contribution in [3.8, 4) is 0 Å². The number of carbonyl (C=O) groups is 2. The molecule has 3 aliphatic carbocycles. The van der Waals surface area contributed by atoms with E-state index >= 15 is 0 Å². The molecule has 0 spiro atoms. The van der Waals surface area contributed by atoms with E-state index < -0.39 is 5.97 Å². The Morgan fingerprint density at radius 3 is 2.82 bits per heavy atom. The van der Waals surface area contributed by atoms with Gasteiger partial charge in [0, 0.05) is 25.4 Å². The minimum atomic E-state index is -0.904. The summed E-state index contributed by atoms with van der Waals surface area (Å²) in [6.45, 7) is 2.55. The Bertz CT molecular complexity index is 1180. The number of fused-ring (bicyclic) bond motifs is 5. The van der Waals surface area contributed by atoms with E-state index in [9.17, 15) is 14.0 Å². The standard InChI is InChI=1S/C28H31FN2O3/c1-28-11-9-22-21-5-4-18(27(34)31(2)12-10-26(32)33)13-17(21)3-6-23(22)25(28)8-7-24(28)19-14-20(29)16-30-15-19/h4-5,7,13-16,22-23,25H,3,6,8-12H2,1-2H3,(H,32,33). The Morgan fingerprint density at radius 2 is 2.06 bits per heavy atom. The highest BCUT2D eigenvalue weighted by molar-refractivity contribution is 5.94. The van der Waals surface area contributed by atoms with Crippen molar-refractivity contribution in [3.63, 3.8) is 0 Å². The Hall–Kier alpha value is -3.02. The van der Waals surface area contributed by atoms with Crippen molar-refractivity contribution in [2.75, 3.05) is 13.6 Å². The molecule has 1 saturated carbocycles. The van der Waals surface area contributed by atoms with Gasteiger partial charge in [0.1, 0.15) is 5.82 Å². The fraction of sp³-hybridized carbons (Fsp3) is 0.464. The van der Waals surface area contributed by atoms with Crippen LogP contribution < -0.4 is 0 Å². The number of aliphatic carboxylic acids is 1. The molecule has 4 unspecified atom stereocenters. The molecule has 6 heteroatoms. The molecule has 1 N–H and O–H groups in total. The van der Waals surface area contributed by atoms with Crippen LogP contribution in [0, 0.1) is 23.1 Å². The zero-order valence-corrected chi connectivity index (χ0v) is 19.8. The SMILES string of the molecule is CN(CCC(=O)O)C(=O)c1ccc2c(c1)CCC1C2CCC2(C)C(c3cncc(F)c3)=CCC12. The topological polar surface area (TPSA) is 70.5 Å². The van der Waals surface area contributed by atoms with Crippen LogP contribution in [0.2, 0.25) is 0 Å². The van der Waals surface area contributed by atoms with Crippen molar-refractivity contribution < 1.29 is 19.1 Å². The first-order chi connectivity index (χ1) is 16.3. The highest BCUT2D eigenvalue weighted by atomic mass is 19.1. The van der Waals surface area contributed by atoms with Gasteiger partial charge in [-0.2, -0.15) is 0 Å². The van der Waals surface area contributed by atoms with Crippen LogP contribution in [0.15, 0.2) is 42.7 Å². The van der Waals surface area contributed by atoms with Crippen LogP contribution in [0.25, 0.3) is 5.57 Å². The minimum absolute atomic E-state index is 0.0386. The Kier molecular flexibility index (Phi) is 5.78. The van der Waals surface area contributed by atoms with E-state index in [1.165, 1.54) is 27.8 Å². The van der Waals surface area contributed by atoms with Crippen LogP contribution >= 0.6 is 0 Å². The molecule has 0 radical (unpaired) electrons. The summed E-state index contributed by atoms with van der Waals surface area (Å²) in [6.07, 6.45) is 10.5. The van der Waals surface area contributed by atoms with Crippen molar-refractivity contribution in [2.24, 2.45) is 17.3 Å². The number of hydrogen-bond donors (Lipinski definition) is 1. The van der Waals surface area contributed by atoms with Gasteiger partial charge in [0.15, 0.2) is 0 Å². The number of carbonyl (C=O) groups excluding carboxylic acids is 1. The lowest BCUT2D eigenvalue weighted by Gasteiger charge is -2.50. The number of amides is 1. The van der Waals surface area contributed by atoms with Gasteiger partial charge in [0.2, 0.25) is 0 Å². The van der Waals surface area contributed by atoms with Gasteiger partial charge in [0.25, 0.3) is 5.91 Å². The highest BCUT2D eigenvalue weighted by Crippen LogP contribution is 2.63. The molecule has 4 atom stereocenters. The fourth-order valence-corrected chi connectivity index (χ4v) is 6.87. The maximum atomic E-state index is 13.9. The molecular weight excluding hydrogens is 431 g/mol. The van der Waals surface area contributed by atoms with Gasteiger partial charge in [-0.05, 0) is 95.7 Å². The number of pyridine rings is 1. The maximum absolute atomic E-state index is 13.9. The van der Waals surface area contributed by atoms with E-state index in [1.807, 2.05) is 12.1 Å². The van der Waals surface area contributed by atoms with Gasteiger partial charge >= 0.3 is 5.97 Å². The van der Waals surface area contributed by atoms with Gasteiger partial charge in [0.05, 0.1) is 12.6 Å². The molecule has 5 nitrogen and oxygen atoms in total. The molecule has 0 saturated heterocycles. The lowest BCUT2D eigenvalue weighted by molar-refractivity contribution is -0.137. The quantitative estimate of drug-likeness (QED) is 0.653. The first-order valence-electron chi connectivity index (χ1n) is 12.2. The molecule has 0 bridgehead atoms. The Morgan fingerprint density at radius 1 is 1.24 bits per heavy atom. The smallest absolute Gasteiger partial charge is 0.305 e. The molecular formula is C28H31FN2O3. The molecule has 1 fully saturated rings. The van der Waals surface area contributed by atoms with E-state index in [0.717, 1.165) is 37.7 Å². The largest absolute Gasteiger partial charge is 0.481 e. The van der Waals surface area contributed by atoms with E-state index in [0.29, 0.717) is 23.3 Å². The van der Waals surface area contributed by atoms with Crippen LogP contribution in [0.4, 0.5) is 4.39 Å². The number of nitrogens with zero attached hydrogens (tertiary/aromatic N) is 2. The molecule has 2 aromatic rings. The van der Waals surface area contributed by atoms with Crippen LogP contribution in [-0.2, 0) is 11.2 Å². The molecule has 1 heterocycles. The highest BCUT2D eigenvalue weighted by Gasteiger charge is 2.52. The maximum Gasteiger partial charge on any atom is 0.305 e. The van der Waals surface area contributed by atoms with Gasteiger partial charge in [-0.3, -0.25) is 14.6 Å².